The average Bonchev–Trinajstić information content (AvgIpc) is 3.48. The van der Waals surface area contributed by atoms with Crippen LogP contribution in [0.1, 0.15) is 45.5 Å². The van der Waals surface area contributed by atoms with E-state index in [4.69, 9.17) is 4.74 Å². The number of methoxy groups -OCH3 is 1. The molecule has 31 heavy (non-hydrogen) atoms. The van der Waals surface area contributed by atoms with Gasteiger partial charge in [-0.05, 0) is 69.6 Å². The van der Waals surface area contributed by atoms with Crippen molar-refractivity contribution in [1.82, 2.24) is 24.8 Å². The first-order valence-corrected chi connectivity index (χ1v) is 10.7. The molecule has 2 aliphatic rings. The molecule has 0 radical (unpaired) electrons. The summed E-state index contributed by atoms with van der Waals surface area (Å²) < 4.78 is 5.39. The summed E-state index contributed by atoms with van der Waals surface area (Å²) in [6.45, 7) is 5.55. The Morgan fingerprint density at radius 1 is 1.10 bits per heavy atom. The molecular formula is C23H25N5O3. The number of benzene rings is 1. The highest BCUT2D eigenvalue weighted by atomic mass is 16.5. The molecule has 2 aromatic heterocycles. The molecule has 1 saturated heterocycles. The average molecular weight is 419 g/mol. The topological polar surface area (TPSA) is 91.4 Å². The largest absolute Gasteiger partial charge is 0.480 e. The first-order chi connectivity index (χ1) is 15.1. The lowest BCUT2D eigenvalue weighted by atomic mass is 10.1. The van der Waals surface area contributed by atoms with Crippen LogP contribution in [0.5, 0.6) is 5.88 Å². The Morgan fingerprint density at radius 3 is 2.58 bits per heavy atom. The molecule has 2 amide bonds. The number of likely N-dealkylation sites (tertiary alicyclic amines) is 1. The third-order valence-electron chi connectivity index (χ3n) is 6.18. The fourth-order valence-electron chi connectivity index (χ4n) is 4.55. The lowest BCUT2D eigenvalue weighted by Gasteiger charge is -2.17. The van der Waals surface area contributed by atoms with E-state index in [9.17, 15) is 9.59 Å². The molecule has 0 aliphatic carbocycles. The summed E-state index contributed by atoms with van der Waals surface area (Å²) in [6, 6.07) is 5.34. The molecule has 4 heterocycles. The lowest BCUT2D eigenvalue weighted by Crippen LogP contribution is -2.33. The Morgan fingerprint density at radius 2 is 1.84 bits per heavy atom. The predicted octanol–water partition coefficient (Wildman–Crippen LogP) is 3.02. The van der Waals surface area contributed by atoms with Crippen LogP contribution in [0.2, 0.25) is 0 Å². The minimum atomic E-state index is -0.233. The van der Waals surface area contributed by atoms with Crippen LogP contribution in [0.25, 0.3) is 22.4 Å². The summed E-state index contributed by atoms with van der Waals surface area (Å²) in [4.78, 5) is 41.8. The van der Waals surface area contributed by atoms with Crippen LogP contribution in [0, 0.1) is 6.92 Å². The van der Waals surface area contributed by atoms with Crippen molar-refractivity contribution >= 4 is 22.8 Å². The second kappa shape index (κ2) is 7.77. The molecule has 0 saturated carbocycles. The quantitative estimate of drug-likeness (QED) is 0.618. The number of imide groups is 1. The molecule has 8 heteroatoms. The van der Waals surface area contributed by atoms with Gasteiger partial charge in [0, 0.05) is 12.7 Å². The second-order valence-corrected chi connectivity index (χ2v) is 8.18. The van der Waals surface area contributed by atoms with Gasteiger partial charge in [-0.25, -0.2) is 9.97 Å². The van der Waals surface area contributed by atoms with Gasteiger partial charge in [0.2, 0.25) is 5.88 Å². The number of carbonyl (C=O) groups is 2. The van der Waals surface area contributed by atoms with Gasteiger partial charge in [0.05, 0.1) is 34.8 Å². The van der Waals surface area contributed by atoms with Gasteiger partial charge in [0.15, 0.2) is 0 Å². The fraction of sp³-hybridized carbons (Fsp3) is 0.391. The van der Waals surface area contributed by atoms with Gasteiger partial charge in [0.25, 0.3) is 11.8 Å². The van der Waals surface area contributed by atoms with Crippen molar-refractivity contribution in [3.8, 4) is 17.3 Å². The minimum absolute atomic E-state index is 0.227. The molecule has 0 spiro atoms. The maximum atomic E-state index is 12.9. The molecule has 1 fully saturated rings. The highest BCUT2D eigenvalue weighted by molar-refractivity contribution is 6.22. The van der Waals surface area contributed by atoms with Crippen molar-refractivity contribution in [2.24, 2.45) is 0 Å². The summed E-state index contributed by atoms with van der Waals surface area (Å²) >= 11 is 0. The van der Waals surface area contributed by atoms with E-state index in [2.05, 4.69) is 19.9 Å². The van der Waals surface area contributed by atoms with Crippen LogP contribution in [0.4, 0.5) is 0 Å². The number of aromatic nitrogens is 3. The number of hydrogen-bond acceptors (Lipinski definition) is 6. The summed E-state index contributed by atoms with van der Waals surface area (Å²) in [6.07, 6.45) is 4.95. The van der Waals surface area contributed by atoms with E-state index in [-0.39, 0.29) is 11.8 Å². The van der Waals surface area contributed by atoms with Gasteiger partial charge in [-0.2, -0.15) is 0 Å². The molecule has 2 aliphatic heterocycles. The van der Waals surface area contributed by atoms with Crippen molar-refractivity contribution in [3.63, 3.8) is 0 Å². The molecule has 8 nitrogen and oxygen atoms in total. The molecule has 1 N–H and O–H groups in total. The smallest absolute Gasteiger partial charge is 0.261 e. The van der Waals surface area contributed by atoms with Gasteiger partial charge in [-0.15, -0.1) is 0 Å². The Labute approximate surface area is 180 Å². The van der Waals surface area contributed by atoms with E-state index in [1.54, 1.807) is 25.4 Å². The third-order valence-corrected chi connectivity index (χ3v) is 6.18. The predicted molar refractivity (Wildman–Crippen MR) is 116 cm³/mol. The van der Waals surface area contributed by atoms with Crippen LogP contribution < -0.4 is 4.74 Å². The molecule has 5 rings (SSSR count). The number of aromatic amines is 1. The molecule has 1 aromatic carbocycles. The number of amides is 2. The number of nitrogens with one attached hydrogen (secondary N) is 1. The van der Waals surface area contributed by atoms with Crippen molar-refractivity contribution in [1.29, 1.82) is 0 Å². The van der Waals surface area contributed by atoms with Gasteiger partial charge >= 0.3 is 0 Å². The third kappa shape index (κ3) is 3.37. The number of hydrogen-bond donors (Lipinski definition) is 1. The highest BCUT2D eigenvalue weighted by Gasteiger charge is 2.36. The van der Waals surface area contributed by atoms with Gasteiger partial charge in [-0.1, -0.05) is 0 Å². The zero-order valence-electron chi connectivity index (χ0n) is 17.8. The number of pyridine rings is 1. The maximum Gasteiger partial charge on any atom is 0.261 e. The van der Waals surface area contributed by atoms with Crippen molar-refractivity contribution in [3.05, 3.63) is 41.1 Å². The minimum Gasteiger partial charge on any atom is -0.480 e. The zero-order valence-corrected chi connectivity index (χ0v) is 17.8. The summed E-state index contributed by atoms with van der Waals surface area (Å²) in [5, 5.41) is 0. The van der Waals surface area contributed by atoms with Crippen molar-refractivity contribution in [2.45, 2.75) is 26.2 Å². The molecule has 0 unspecified atom stereocenters. The summed E-state index contributed by atoms with van der Waals surface area (Å²) in [5.41, 5.74) is 3.94. The van der Waals surface area contributed by atoms with Crippen LogP contribution in [0.3, 0.4) is 0 Å². The molecule has 3 aromatic rings. The van der Waals surface area contributed by atoms with E-state index in [0.717, 1.165) is 37.2 Å². The van der Waals surface area contributed by atoms with Crippen LogP contribution in [-0.4, -0.2) is 69.9 Å². The first kappa shape index (κ1) is 19.7. The molecule has 0 bridgehead atoms. The molecule has 160 valence electrons. The fourth-order valence-corrected chi connectivity index (χ4v) is 4.55. The number of fused-ring (bicyclic) bond motifs is 2. The highest BCUT2D eigenvalue weighted by Crippen LogP contribution is 2.33. The monoisotopic (exact) mass is 419 g/mol. The summed E-state index contributed by atoms with van der Waals surface area (Å²) in [7, 11) is 1.57. The van der Waals surface area contributed by atoms with Gasteiger partial charge in [-0.3, -0.25) is 14.5 Å². The molecule has 0 atom stereocenters. The standard InChI is InChI=1S/C23H25N5O3/c1-14-6-7-24-21(31-2)19(14)20-25-17-12-15-16(13-18(17)26-20)23(30)28(22(15)29)11-5-10-27-8-3-4-9-27/h6-7,12-13H,3-5,8-11H2,1-2H3,(H,25,26). The Hall–Kier alpha value is -3.26. The Balaban J connectivity index is 1.42. The summed E-state index contributed by atoms with van der Waals surface area (Å²) in [5.74, 6) is 0.615. The Bertz CT molecular complexity index is 1130. The van der Waals surface area contributed by atoms with Crippen molar-refractivity contribution in [2.75, 3.05) is 33.3 Å². The van der Waals surface area contributed by atoms with Crippen LogP contribution in [0.15, 0.2) is 24.4 Å². The van der Waals surface area contributed by atoms with Crippen LogP contribution >= 0.6 is 0 Å². The number of ether oxygens (including phenoxy) is 1. The van der Waals surface area contributed by atoms with Gasteiger partial charge in [0.1, 0.15) is 5.82 Å². The normalized spacial score (nSPS) is 16.5. The van der Waals surface area contributed by atoms with E-state index < -0.39 is 0 Å². The molecular weight excluding hydrogens is 394 g/mol. The van der Waals surface area contributed by atoms with E-state index >= 15 is 0 Å². The van der Waals surface area contributed by atoms with Crippen LogP contribution in [-0.2, 0) is 0 Å². The van der Waals surface area contributed by atoms with Crippen molar-refractivity contribution < 1.29 is 14.3 Å². The van der Waals surface area contributed by atoms with E-state index in [0.29, 0.717) is 40.4 Å². The van der Waals surface area contributed by atoms with E-state index in [1.165, 1.54) is 17.7 Å². The first-order valence-electron chi connectivity index (χ1n) is 10.7. The second-order valence-electron chi connectivity index (χ2n) is 8.18. The number of imidazole rings is 1. The number of nitrogens with zero attached hydrogens (tertiary/aromatic N) is 4. The SMILES string of the molecule is COc1nccc(C)c1-c1nc2cc3c(cc2[nH]1)C(=O)N(CCCN1CCCC1)C3=O. The van der Waals surface area contributed by atoms with Gasteiger partial charge < -0.3 is 14.6 Å². The number of rotatable bonds is 6. The van der Waals surface area contributed by atoms with E-state index in [1.807, 2.05) is 13.0 Å². The Kier molecular flexibility index (Phi) is 4.94. The maximum absolute atomic E-state index is 12.9. The zero-order chi connectivity index (χ0) is 21.5. The lowest BCUT2D eigenvalue weighted by molar-refractivity contribution is 0.0648. The number of H-pyrrole nitrogens is 1. The number of carbonyl (C=O) groups excluding carboxylic acids is 2. The number of aryl methyl sites for hydroxylation is 1.